The summed E-state index contributed by atoms with van der Waals surface area (Å²) < 4.78 is 17.3. The lowest BCUT2D eigenvalue weighted by Crippen LogP contribution is -2.41. The van der Waals surface area contributed by atoms with Gasteiger partial charge in [-0.05, 0) is 50.9 Å². The summed E-state index contributed by atoms with van der Waals surface area (Å²) in [6.07, 6.45) is 1.81. The fourth-order valence-corrected chi connectivity index (χ4v) is 2.80. The fourth-order valence-electron chi connectivity index (χ4n) is 2.80. The van der Waals surface area contributed by atoms with Crippen molar-refractivity contribution >= 4 is 30.1 Å². The smallest absolute Gasteiger partial charge is 0.475 e. The number of hydrogen-bond donors (Lipinski definition) is 2. The second-order valence-electron chi connectivity index (χ2n) is 7.55. The number of carboxylic acid groups (broad SMARTS) is 1. The van der Waals surface area contributed by atoms with E-state index in [4.69, 9.17) is 24.6 Å². The molecule has 0 atom stereocenters. The van der Waals surface area contributed by atoms with Gasteiger partial charge in [-0.1, -0.05) is 12.1 Å². The Morgan fingerprint density at radius 3 is 2.37 bits per heavy atom. The van der Waals surface area contributed by atoms with Crippen LogP contribution in [0.1, 0.15) is 43.8 Å². The molecule has 27 heavy (non-hydrogen) atoms. The predicted octanol–water partition coefficient (Wildman–Crippen LogP) is 2.46. The molecule has 8 heteroatoms. The van der Waals surface area contributed by atoms with Gasteiger partial charge in [-0.25, -0.2) is 4.79 Å². The highest BCUT2D eigenvalue weighted by atomic mass is 16.7. The Kier molecular flexibility index (Phi) is 4.75. The van der Waals surface area contributed by atoms with E-state index in [1.807, 2.05) is 33.8 Å². The van der Waals surface area contributed by atoms with Crippen molar-refractivity contribution in [3.8, 4) is 0 Å². The van der Waals surface area contributed by atoms with Gasteiger partial charge >= 0.3 is 13.1 Å². The molecule has 1 aliphatic heterocycles. The number of hydrogen-bond acceptors (Lipinski definition) is 6. The summed E-state index contributed by atoms with van der Waals surface area (Å²) in [5.41, 5.74) is 6.17. The fraction of sp³-hybridized carbons (Fsp3) is 0.368. The van der Waals surface area contributed by atoms with Crippen LogP contribution in [0.3, 0.4) is 0 Å². The summed E-state index contributed by atoms with van der Waals surface area (Å²) in [6.45, 7) is 8.07. The molecule has 3 N–H and O–H groups in total. The molecule has 1 saturated heterocycles. The van der Waals surface area contributed by atoms with Crippen molar-refractivity contribution in [2.24, 2.45) is 5.73 Å². The molecule has 0 spiro atoms. The zero-order valence-corrected chi connectivity index (χ0v) is 15.7. The molecule has 0 radical (unpaired) electrons. The minimum absolute atomic E-state index is 0.210. The van der Waals surface area contributed by atoms with Crippen LogP contribution in [0.4, 0.5) is 0 Å². The van der Waals surface area contributed by atoms with E-state index in [-0.39, 0.29) is 12.1 Å². The van der Waals surface area contributed by atoms with Gasteiger partial charge in [0.15, 0.2) is 5.43 Å². The van der Waals surface area contributed by atoms with Crippen molar-refractivity contribution < 1.29 is 23.6 Å². The molecule has 0 bridgehead atoms. The third-order valence-electron chi connectivity index (χ3n) is 5.11. The van der Waals surface area contributed by atoms with E-state index in [2.05, 4.69) is 0 Å². The molecule has 3 rings (SSSR count). The van der Waals surface area contributed by atoms with Crippen LogP contribution in [-0.4, -0.2) is 35.9 Å². The normalized spacial score (nSPS) is 18.9. The molecule has 0 amide bonds. The summed E-state index contributed by atoms with van der Waals surface area (Å²) in [4.78, 5) is 23.2. The van der Waals surface area contributed by atoms with Crippen molar-refractivity contribution in [3.05, 3.63) is 51.3 Å². The van der Waals surface area contributed by atoms with E-state index in [0.717, 1.165) is 11.5 Å². The highest BCUT2D eigenvalue weighted by molar-refractivity contribution is 6.55. The lowest BCUT2D eigenvalue weighted by molar-refractivity contribution is 0.00578. The summed E-state index contributed by atoms with van der Waals surface area (Å²) in [6, 6.07) is 5.88. The van der Waals surface area contributed by atoms with Gasteiger partial charge in [0.25, 0.3) is 0 Å². The van der Waals surface area contributed by atoms with Gasteiger partial charge in [0.05, 0.1) is 16.6 Å². The summed E-state index contributed by atoms with van der Waals surface area (Å²) >= 11 is 0. The van der Waals surface area contributed by atoms with E-state index >= 15 is 0 Å². The molecule has 0 unspecified atom stereocenters. The van der Waals surface area contributed by atoms with Crippen molar-refractivity contribution in [1.29, 1.82) is 0 Å². The lowest BCUT2D eigenvalue weighted by atomic mass is 9.77. The number of rotatable bonds is 4. The minimum Gasteiger partial charge on any atom is -0.475 e. The minimum atomic E-state index is -1.29. The van der Waals surface area contributed by atoms with E-state index in [1.165, 1.54) is 0 Å². The van der Waals surface area contributed by atoms with Crippen LogP contribution >= 0.6 is 0 Å². The highest BCUT2D eigenvalue weighted by Gasteiger charge is 2.52. The first-order chi connectivity index (χ1) is 12.5. The second kappa shape index (κ2) is 6.63. The molecule has 0 aliphatic carbocycles. The van der Waals surface area contributed by atoms with Gasteiger partial charge in [0.2, 0.25) is 5.76 Å². The van der Waals surface area contributed by atoms with Crippen molar-refractivity contribution in [2.45, 2.75) is 38.9 Å². The quantitative estimate of drug-likeness (QED) is 0.794. The first kappa shape index (κ1) is 19.3. The monoisotopic (exact) mass is 371 g/mol. The number of carbonyl (C=O) groups is 1. The van der Waals surface area contributed by atoms with Crippen LogP contribution in [0, 0.1) is 0 Å². The van der Waals surface area contributed by atoms with E-state index in [9.17, 15) is 9.59 Å². The maximum absolute atomic E-state index is 12.2. The molecule has 2 heterocycles. The molecule has 7 nitrogen and oxygen atoms in total. The molecule has 1 fully saturated rings. The van der Waals surface area contributed by atoms with Crippen LogP contribution in [0.25, 0.3) is 17.0 Å². The van der Waals surface area contributed by atoms with Gasteiger partial charge in [-0.15, -0.1) is 0 Å². The Bertz CT molecular complexity index is 975. The van der Waals surface area contributed by atoms with Crippen LogP contribution in [0.15, 0.2) is 38.9 Å². The first-order valence-corrected chi connectivity index (χ1v) is 8.61. The standard InChI is InChI=1S/C19H22BNO6/c1-18(2)19(3,4)27-20(26-18)12(10-21)7-11-5-6-15-13(8-11)14(22)9-16(25-15)17(23)24/h5-9H,10,21H2,1-4H3,(H,23,24). The number of aromatic carboxylic acids is 1. The number of carboxylic acids is 1. The maximum Gasteiger partial charge on any atom is 0.491 e. The lowest BCUT2D eigenvalue weighted by Gasteiger charge is -2.32. The third-order valence-corrected chi connectivity index (χ3v) is 5.11. The number of benzene rings is 1. The number of fused-ring (bicyclic) bond motifs is 1. The van der Waals surface area contributed by atoms with Crippen LogP contribution in [-0.2, 0) is 9.31 Å². The van der Waals surface area contributed by atoms with Gasteiger partial charge in [0, 0.05) is 12.6 Å². The largest absolute Gasteiger partial charge is 0.491 e. The predicted molar refractivity (Wildman–Crippen MR) is 103 cm³/mol. The Balaban J connectivity index is 1.99. The Labute approximate surface area is 156 Å². The van der Waals surface area contributed by atoms with Crippen LogP contribution in [0.5, 0.6) is 0 Å². The molecule has 142 valence electrons. The summed E-state index contributed by atoms with van der Waals surface area (Å²) in [5, 5.41) is 9.29. The number of nitrogens with two attached hydrogens (primary N) is 1. The topological polar surface area (TPSA) is 112 Å². The molecule has 2 aromatic rings. The third kappa shape index (κ3) is 3.56. The summed E-state index contributed by atoms with van der Waals surface area (Å²) in [5.74, 6) is -1.68. The molecule has 1 aromatic carbocycles. The van der Waals surface area contributed by atoms with E-state index in [1.54, 1.807) is 18.2 Å². The highest BCUT2D eigenvalue weighted by Crippen LogP contribution is 2.38. The zero-order valence-electron chi connectivity index (χ0n) is 15.7. The van der Waals surface area contributed by atoms with Crippen molar-refractivity contribution in [3.63, 3.8) is 0 Å². The molecule has 1 aromatic heterocycles. The Hall–Kier alpha value is -2.42. The molecule has 0 saturated carbocycles. The van der Waals surface area contributed by atoms with Gasteiger partial charge in [0.1, 0.15) is 5.58 Å². The molecular weight excluding hydrogens is 349 g/mol. The van der Waals surface area contributed by atoms with E-state index in [0.29, 0.717) is 10.9 Å². The zero-order chi connectivity index (χ0) is 20.0. The van der Waals surface area contributed by atoms with Crippen LogP contribution < -0.4 is 11.2 Å². The summed E-state index contributed by atoms with van der Waals surface area (Å²) in [7, 11) is -0.582. The Morgan fingerprint density at radius 1 is 1.19 bits per heavy atom. The molecular formula is C19H22BNO6. The van der Waals surface area contributed by atoms with Crippen molar-refractivity contribution in [2.75, 3.05) is 6.54 Å². The maximum atomic E-state index is 12.2. The van der Waals surface area contributed by atoms with Gasteiger partial charge < -0.3 is 24.6 Å². The van der Waals surface area contributed by atoms with Crippen molar-refractivity contribution in [1.82, 2.24) is 0 Å². The average molecular weight is 371 g/mol. The van der Waals surface area contributed by atoms with Gasteiger partial charge in [-0.3, -0.25) is 4.79 Å². The SMILES string of the molecule is CC1(C)OB(C(=Cc2ccc3oc(C(=O)O)cc(=O)c3c2)CN)OC1(C)C. The van der Waals surface area contributed by atoms with Crippen LogP contribution in [0.2, 0.25) is 0 Å². The van der Waals surface area contributed by atoms with E-state index < -0.39 is 35.5 Å². The first-order valence-electron chi connectivity index (χ1n) is 8.61. The molecule has 1 aliphatic rings. The second-order valence-corrected chi connectivity index (χ2v) is 7.55. The Morgan fingerprint density at radius 2 is 1.81 bits per heavy atom. The van der Waals surface area contributed by atoms with Gasteiger partial charge in [-0.2, -0.15) is 0 Å². The average Bonchev–Trinajstić information content (AvgIpc) is 2.80.